The average Bonchev–Trinajstić information content (AvgIpc) is 3.18. The summed E-state index contributed by atoms with van der Waals surface area (Å²) in [5.41, 5.74) is 0.925. The lowest BCUT2D eigenvalue weighted by molar-refractivity contribution is 0.0698. The predicted octanol–water partition coefficient (Wildman–Crippen LogP) is 1.20. The summed E-state index contributed by atoms with van der Waals surface area (Å²) in [4.78, 5) is 8.69. The zero-order valence-corrected chi connectivity index (χ0v) is 16.1. The molecule has 1 aromatic heterocycles. The van der Waals surface area contributed by atoms with Gasteiger partial charge in [0.05, 0.1) is 26.9 Å². The second-order valence-electron chi connectivity index (χ2n) is 5.65. The zero-order valence-electron chi connectivity index (χ0n) is 16.1. The van der Waals surface area contributed by atoms with Gasteiger partial charge in [0, 0.05) is 32.9 Å². The molecule has 0 unspecified atom stereocenters. The first-order valence-corrected chi connectivity index (χ1v) is 8.83. The first-order chi connectivity index (χ1) is 13.3. The molecule has 0 fully saturated rings. The summed E-state index contributed by atoms with van der Waals surface area (Å²) in [7, 11) is 5.03. The average molecular weight is 376 g/mol. The Bertz CT molecular complexity index is 687. The van der Waals surface area contributed by atoms with E-state index in [9.17, 15) is 0 Å². The second kappa shape index (κ2) is 11.9. The van der Waals surface area contributed by atoms with Gasteiger partial charge in [-0.1, -0.05) is 0 Å². The van der Waals surface area contributed by atoms with E-state index < -0.39 is 0 Å². The van der Waals surface area contributed by atoms with Crippen molar-refractivity contribution in [3.8, 4) is 17.1 Å². The summed E-state index contributed by atoms with van der Waals surface area (Å²) in [6, 6.07) is 7.62. The number of methoxy groups -OCH3 is 2. The first-order valence-electron chi connectivity index (χ1n) is 8.83. The third kappa shape index (κ3) is 7.24. The standard InChI is InChI=1S/C18H28N6O3/c1-19-18(20-9-4-10-27-12-11-25-2)21-13-16-22-17(24-23-16)14-5-7-15(26-3)8-6-14/h5-8H,4,9-13H2,1-3H3,(H2,19,20,21)(H,22,23,24). The fourth-order valence-electron chi connectivity index (χ4n) is 2.26. The third-order valence-electron chi connectivity index (χ3n) is 3.72. The van der Waals surface area contributed by atoms with E-state index in [1.807, 2.05) is 24.3 Å². The molecular weight excluding hydrogens is 348 g/mol. The number of guanidine groups is 1. The number of aromatic amines is 1. The van der Waals surface area contributed by atoms with Crippen LogP contribution in [0.1, 0.15) is 12.2 Å². The summed E-state index contributed by atoms with van der Waals surface area (Å²) in [6.07, 6.45) is 0.883. The Kier molecular flexibility index (Phi) is 9.08. The summed E-state index contributed by atoms with van der Waals surface area (Å²) >= 11 is 0. The molecule has 0 spiro atoms. The lowest BCUT2D eigenvalue weighted by Gasteiger charge is -2.10. The molecule has 148 valence electrons. The molecule has 2 rings (SSSR count). The van der Waals surface area contributed by atoms with E-state index in [1.165, 1.54) is 0 Å². The van der Waals surface area contributed by atoms with Gasteiger partial charge in [0.2, 0.25) is 0 Å². The molecule has 0 saturated heterocycles. The van der Waals surface area contributed by atoms with Gasteiger partial charge in [-0.25, -0.2) is 4.98 Å². The molecule has 0 aliphatic heterocycles. The Morgan fingerprint density at radius 3 is 2.63 bits per heavy atom. The van der Waals surface area contributed by atoms with Crippen LogP contribution in [0.3, 0.4) is 0 Å². The molecule has 0 saturated carbocycles. The van der Waals surface area contributed by atoms with Gasteiger partial charge in [0.1, 0.15) is 11.6 Å². The molecule has 3 N–H and O–H groups in total. The number of nitrogens with one attached hydrogen (secondary N) is 3. The maximum absolute atomic E-state index is 5.42. The van der Waals surface area contributed by atoms with Crippen molar-refractivity contribution in [2.75, 3.05) is 47.6 Å². The molecule has 0 atom stereocenters. The topological polar surface area (TPSA) is 106 Å². The Hall–Kier alpha value is -2.65. The molecule has 1 heterocycles. The molecule has 1 aromatic carbocycles. The number of ether oxygens (including phenoxy) is 3. The maximum atomic E-state index is 5.42. The van der Waals surface area contributed by atoms with Crippen LogP contribution in [0.5, 0.6) is 5.75 Å². The van der Waals surface area contributed by atoms with Gasteiger partial charge in [0.15, 0.2) is 11.8 Å². The summed E-state index contributed by atoms with van der Waals surface area (Å²) in [5, 5.41) is 13.6. The van der Waals surface area contributed by atoms with Crippen molar-refractivity contribution >= 4 is 5.96 Å². The largest absolute Gasteiger partial charge is 0.497 e. The summed E-state index contributed by atoms with van der Waals surface area (Å²) in [6.45, 7) is 3.17. The minimum Gasteiger partial charge on any atom is -0.497 e. The summed E-state index contributed by atoms with van der Waals surface area (Å²) in [5.74, 6) is 2.88. The van der Waals surface area contributed by atoms with Gasteiger partial charge in [-0.3, -0.25) is 10.1 Å². The van der Waals surface area contributed by atoms with Crippen molar-refractivity contribution in [3.05, 3.63) is 30.1 Å². The van der Waals surface area contributed by atoms with E-state index in [-0.39, 0.29) is 0 Å². The van der Waals surface area contributed by atoms with Crippen molar-refractivity contribution in [2.45, 2.75) is 13.0 Å². The van der Waals surface area contributed by atoms with Crippen LogP contribution in [0.15, 0.2) is 29.3 Å². The van der Waals surface area contributed by atoms with Crippen molar-refractivity contribution in [1.82, 2.24) is 25.8 Å². The molecule has 9 nitrogen and oxygen atoms in total. The van der Waals surface area contributed by atoms with Crippen LogP contribution < -0.4 is 15.4 Å². The Morgan fingerprint density at radius 1 is 1.11 bits per heavy atom. The van der Waals surface area contributed by atoms with Gasteiger partial charge >= 0.3 is 0 Å². The minimum absolute atomic E-state index is 0.493. The van der Waals surface area contributed by atoms with E-state index in [0.717, 1.165) is 30.1 Å². The lowest BCUT2D eigenvalue weighted by atomic mass is 10.2. The lowest BCUT2D eigenvalue weighted by Crippen LogP contribution is -2.37. The molecule has 0 aliphatic carbocycles. The molecule has 9 heteroatoms. The summed E-state index contributed by atoms with van der Waals surface area (Å²) < 4.78 is 15.5. The van der Waals surface area contributed by atoms with E-state index in [0.29, 0.717) is 38.1 Å². The van der Waals surface area contributed by atoms with Crippen LogP contribution in [0.4, 0.5) is 0 Å². The first kappa shape index (κ1) is 20.7. The van der Waals surface area contributed by atoms with Crippen LogP contribution in [0.25, 0.3) is 11.4 Å². The molecule has 27 heavy (non-hydrogen) atoms. The molecule has 2 aromatic rings. The number of aliphatic imine (C=N–C) groups is 1. The van der Waals surface area contributed by atoms with Crippen LogP contribution >= 0.6 is 0 Å². The van der Waals surface area contributed by atoms with Crippen molar-refractivity contribution in [3.63, 3.8) is 0 Å². The van der Waals surface area contributed by atoms with Gasteiger partial charge in [-0.05, 0) is 30.7 Å². The number of benzene rings is 1. The van der Waals surface area contributed by atoms with Gasteiger partial charge in [-0.2, -0.15) is 5.10 Å². The van der Waals surface area contributed by atoms with Crippen LogP contribution in [-0.2, 0) is 16.0 Å². The highest BCUT2D eigenvalue weighted by Gasteiger charge is 2.07. The van der Waals surface area contributed by atoms with Crippen molar-refractivity contribution < 1.29 is 14.2 Å². The smallest absolute Gasteiger partial charge is 0.191 e. The van der Waals surface area contributed by atoms with Gasteiger partial charge < -0.3 is 24.8 Å². The van der Waals surface area contributed by atoms with Gasteiger partial charge in [-0.15, -0.1) is 0 Å². The van der Waals surface area contributed by atoms with E-state index >= 15 is 0 Å². The monoisotopic (exact) mass is 376 g/mol. The number of rotatable bonds is 11. The van der Waals surface area contributed by atoms with E-state index in [4.69, 9.17) is 14.2 Å². The number of hydrogen-bond acceptors (Lipinski definition) is 6. The number of aromatic nitrogens is 3. The van der Waals surface area contributed by atoms with Crippen molar-refractivity contribution in [1.29, 1.82) is 0 Å². The van der Waals surface area contributed by atoms with Gasteiger partial charge in [0.25, 0.3) is 0 Å². The van der Waals surface area contributed by atoms with E-state index in [1.54, 1.807) is 21.3 Å². The Labute approximate surface area is 159 Å². The van der Waals surface area contributed by atoms with E-state index in [2.05, 4.69) is 30.8 Å². The molecule has 0 bridgehead atoms. The third-order valence-corrected chi connectivity index (χ3v) is 3.72. The fourth-order valence-corrected chi connectivity index (χ4v) is 2.26. The fraction of sp³-hybridized carbons (Fsp3) is 0.500. The Morgan fingerprint density at radius 2 is 1.93 bits per heavy atom. The van der Waals surface area contributed by atoms with Crippen molar-refractivity contribution in [2.24, 2.45) is 4.99 Å². The minimum atomic E-state index is 0.493. The number of hydrogen-bond donors (Lipinski definition) is 3. The maximum Gasteiger partial charge on any atom is 0.191 e. The molecule has 0 radical (unpaired) electrons. The predicted molar refractivity (Wildman–Crippen MR) is 104 cm³/mol. The Balaban J connectivity index is 1.72. The van der Waals surface area contributed by atoms with Crippen LogP contribution in [-0.4, -0.2) is 68.8 Å². The molecular formula is C18H28N6O3. The number of H-pyrrole nitrogens is 1. The quantitative estimate of drug-likeness (QED) is 0.307. The molecule has 0 aliphatic rings. The van der Waals surface area contributed by atoms with Crippen LogP contribution in [0.2, 0.25) is 0 Å². The van der Waals surface area contributed by atoms with Crippen LogP contribution in [0, 0.1) is 0 Å². The zero-order chi connectivity index (χ0) is 19.3. The second-order valence-corrected chi connectivity index (χ2v) is 5.65. The SMILES string of the molecule is CN=C(NCCCOCCOC)NCc1nc(-c2ccc(OC)cc2)n[nH]1. The highest BCUT2D eigenvalue weighted by atomic mass is 16.5. The normalized spacial score (nSPS) is 11.4. The molecule has 0 amide bonds. The highest BCUT2D eigenvalue weighted by molar-refractivity contribution is 5.79. The number of nitrogens with zero attached hydrogens (tertiary/aromatic N) is 3. The highest BCUT2D eigenvalue weighted by Crippen LogP contribution is 2.18.